The molecule has 0 fully saturated rings. The number of aliphatic hydroxyl groups excluding tert-OH is 1. The van der Waals surface area contributed by atoms with E-state index >= 15 is 0 Å². The maximum Gasteiger partial charge on any atom is 0.253 e. The lowest BCUT2D eigenvalue weighted by atomic mass is 10.2. The lowest BCUT2D eigenvalue weighted by Gasteiger charge is -2.10. The number of halogens is 1. The summed E-state index contributed by atoms with van der Waals surface area (Å²) >= 11 is 3.36. The Kier molecular flexibility index (Phi) is 3.75. The highest BCUT2D eigenvalue weighted by molar-refractivity contribution is 9.10. The van der Waals surface area contributed by atoms with Crippen molar-refractivity contribution < 1.29 is 14.3 Å². The third kappa shape index (κ3) is 2.83. The van der Waals surface area contributed by atoms with E-state index in [9.17, 15) is 5.11 Å². The van der Waals surface area contributed by atoms with Crippen molar-refractivity contribution in [2.75, 3.05) is 0 Å². The van der Waals surface area contributed by atoms with Crippen LogP contribution >= 0.6 is 15.9 Å². The predicted molar refractivity (Wildman–Crippen MR) is 63.4 cm³/mol. The number of aryl methyl sites for hydroxylation is 1. The van der Waals surface area contributed by atoms with E-state index in [2.05, 4.69) is 26.1 Å². The highest BCUT2D eigenvalue weighted by Gasteiger charge is 2.09. The third-order valence-corrected chi connectivity index (χ3v) is 2.75. The van der Waals surface area contributed by atoms with Gasteiger partial charge in [0.1, 0.15) is 5.75 Å². The summed E-state index contributed by atoms with van der Waals surface area (Å²) in [6, 6.07) is 5.46. The minimum Gasteiger partial charge on any atom is -0.482 e. The number of para-hydroxylation sites is 1. The molecule has 1 aromatic heterocycles. The number of aliphatic hydroxyl groups is 1. The van der Waals surface area contributed by atoms with Crippen LogP contribution in [0.2, 0.25) is 0 Å². The first kappa shape index (κ1) is 12.1. The Labute approximate surface area is 107 Å². The second-order valence-electron chi connectivity index (χ2n) is 3.39. The predicted octanol–water partition coefficient (Wildman–Crippen LogP) is 2.21. The summed E-state index contributed by atoms with van der Waals surface area (Å²) in [7, 11) is 0. The second-order valence-corrected chi connectivity index (χ2v) is 4.24. The molecule has 2 rings (SSSR count). The van der Waals surface area contributed by atoms with Crippen LogP contribution in [0.4, 0.5) is 0 Å². The summed E-state index contributed by atoms with van der Waals surface area (Å²) in [6.07, 6.45) is 0. The van der Waals surface area contributed by atoms with Crippen LogP contribution in [0.1, 0.15) is 17.3 Å². The first-order chi connectivity index (χ1) is 8.20. The average Bonchev–Trinajstić information content (AvgIpc) is 2.73. The van der Waals surface area contributed by atoms with Crippen LogP contribution in [0.3, 0.4) is 0 Å². The van der Waals surface area contributed by atoms with Gasteiger partial charge in [0.05, 0.1) is 11.1 Å². The molecule has 0 bridgehead atoms. The first-order valence-corrected chi connectivity index (χ1v) is 5.80. The second kappa shape index (κ2) is 5.29. The van der Waals surface area contributed by atoms with Crippen LogP contribution in [-0.2, 0) is 13.2 Å². The van der Waals surface area contributed by atoms with Gasteiger partial charge in [-0.15, -0.1) is 10.2 Å². The van der Waals surface area contributed by atoms with Gasteiger partial charge < -0.3 is 14.3 Å². The lowest BCUT2D eigenvalue weighted by molar-refractivity contribution is 0.238. The molecule has 1 N–H and O–H groups in total. The van der Waals surface area contributed by atoms with Crippen molar-refractivity contribution in [3.63, 3.8) is 0 Å². The summed E-state index contributed by atoms with van der Waals surface area (Å²) in [5, 5.41) is 16.7. The van der Waals surface area contributed by atoms with Gasteiger partial charge >= 0.3 is 0 Å². The van der Waals surface area contributed by atoms with Gasteiger partial charge in [0.25, 0.3) is 5.89 Å². The van der Waals surface area contributed by atoms with E-state index < -0.39 is 0 Å². The molecule has 17 heavy (non-hydrogen) atoms. The van der Waals surface area contributed by atoms with Gasteiger partial charge in [-0.2, -0.15) is 0 Å². The van der Waals surface area contributed by atoms with Crippen molar-refractivity contribution >= 4 is 15.9 Å². The number of nitrogens with zero attached hydrogens (tertiary/aromatic N) is 2. The number of hydrogen-bond acceptors (Lipinski definition) is 5. The average molecular weight is 299 g/mol. The van der Waals surface area contributed by atoms with Gasteiger partial charge in [-0.05, 0) is 22.0 Å². The molecule has 0 aliphatic heterocycles. The topological polar surface area (TPSA) is 68.4 Å². The van der Waals surface area contributed by atoms with E-state index in [4.69, 9.17) is 9.15 Å². The molecule has 0 saturated heterocycles. The summed E-state index contributed by atoms with van der Waals surface area (Å²) in [4.78, 5) is 0. The highest BCUT2D eigenvalue weighted by atomic mass is 79.9. The smallest absolute Gasteiger partial charge is 0.253 e. The first-order valence-electron chi connectivity index (χ1n) is 5.00. The van der Waals surface area contributed by atoms with E-state index in [1.54, 1.807) is 13.0 Å². The Hall–Kier alpha value is -1.40. The summed E-state index contributed by atoms with van der Waals surface area (Å²) in [5.74, 6) is 1.49. The van der Waals surface area contributed by atoms with Gasteiger partial charge in [0.2, 0.25) is 5.89 Å². The van der Waals surface area contributed by atoms with Crippen LogP contribution in [0, 0.1) is 6.92 Å². The Morgan fingerprint density at radius 1 is 1.41 bits per heavy atom. The van der Waals surface area contributed by atoms with Gasteiger partial charge in [-0.25, -0.2) is 0 Å². The minimum absolute atomic E-state index is 0.0857. The molecule has 0 aliphatic rings. The molecule has 0 spiro atoms. The van der Waals surface area contributed by atoms with E-state index in [1.807, 2.05) is 12.1 Å². The molecule has 0 aliphatic carbocycles. The molecule has 90 valence electrons. The maximum atomic E-state index is 9.19. The highest BCUT2D eigenvalue weighted by Crippen LogP contribution is 2.29. The van der Waals surface area contributed by atoms with Crippen molar-refractivity contribution in [1.29, 1.82) is 0 Å². The molecule has 0 unspecified atom stereocenters. The Bertz CT molecular complexity index is 513. The molecule has 0 atom stereocenters. The summed E-state index contributed by atoms with van der Waals surface area (Å²) in [5.41, 5.74) is 0.704. The molecule has 5 nitrogen and oxygen atoms in total. The maximum absolute atomic E-state index is 9.19. The molecular weight excluding hydrogens is 288 g/mol. The Morgan fingerprint density at radius 2 is 2.24 bits per heavy atom. The normalized spacial score (nSPS) is 10.5. The van der Waals surface area contributed by atoms with Crippen molar-refractivity contribution in [3.05, 3.63) is 40.0 Å². The fourth-order valence-corrected chi connectivity index (χ4v) is 1.89. The fraction of sp³-hybridized carbons (Fsp3) is 0.273. The molecule has 0 amide bonds. The van der Waals surface area contributed by atoms with E-state index in [1.165, 1.54) is 0 Å². The molecule has 6 heteroatoms. The van der Waals surface area contributed by atoms with Crippen LogP contribution < -0.4 is 4.74 Å². The SMILES string of the molecule is Cc1nnc(COc2c(Br)cccc2CO)o1. The molecule has 0 saturated carbocycles. The number of ether oxygens (including phenoxy) is 1. The van der Waals surface area contributed by atoms with Gasteiger partial charge in [-0.3, -0.25) is 0 Å². The van der Waals surface area contributed by atoms with Crippen LogP contribution in [-0.4, -0.2) is 15.3 Å². The number of hydrogen-bond donors (Lipinski definition) is 1. The molecule has 2 aromatic rings. The number of aromatic nitrogens is 2. The monoisotopic (exact) mass is 298 g/mol. The standard InChI is InChI=1S/C11H11BrN2O3/c1-7-13-14-10(17-7)6-16-11-8(5-15)3-2-4-9(11)12/h2-4,15H,5-6H2,1H3. The molecular formula is C11H11BrN2O3. The van der Waals surface area contributed by atoms with Gasteiger partial charge in [0.15, 0.2) is 6.61 Å². The largest absolute Gasteiger partial charge is 0.482 e. The Morgan fingerprint density at radius 3 is 2.88 bits per heavy atom. The zero-order chi connectivity index (χ0) is 12.3. The van der Waals surface area contributed by atoms with Gasteiger partial charge in [-0.1, -0.05) is 12.1 Å². The molecule has 0 radical (unpaired) electrons. The summed E-state index contributed by atoms with van der Waals surface area (Å²) < 4.78 is 11.5. The lowest BCUT2D eigenvalue weighted by Crippen LogP contribution is -2.00. The van der Waals surface area contributed by atoms with Crippen molar-refractivity contribution in [1.82, 2.24) is 10.2 Å². The molecule has 1 heterocycles. The third-order valence-electron chi connectivity index (χ3n) is 2.13. The van der Waals surface area contributed by atoms with Gasteiger partial charge in [0, 0.05) is 12.5 Å². The molecule has 1 aromatic carbocycles. The number of benzene rings is 1. The Balaban J connectivity index is 2.13. The zero-order valence-electron chi connectivity index (χ0n) is 9.18. The van der Waals surface area contributed by atoms with Crippen molar-refractivity contribution in [2.45, 2.75) is 20.1 Å². The van der Waals surface area contributed by atoms with E-state index in [0.29, 0.717) is 23.1 Å². The minimum atomic E-state index is -0.0857. The zero-order valence-corrected chi connectivity index (χ0v) is 10.8. The van der Waals surface area contributed by atoms with Crippen LogP contribution in [0.25, 0.3) is 0 Å². The van der Waals surface area contributed by atoms with Crippen LogP contribution in [0.5, 0.6) is 5.75 Å². The van der Waals surface area contributed by atoms with E-state index in [0.717, 1.165) is 4.47 Å². The van der Waals surface area contributed by atoms with Crippen LogP contribution in [0.15, 0.2) is 27.1 Å². The summed E-state index contributed by atoms with van der Waals surface area (Å²) in [6.45, 7) is 1.81. The van der Waals surface area contributed by atoms with Crippen molar-refractivity contribution in [3.8, 4) is 5.75 Å². The quantitative estimate of drug-likeness (QED) is 0.937. The van der Waals surface area contributed by atoms with Crippen molar-refractivity contribution in [2.24, 2.45) is 0 Å². The number of rotatable bonds is 4. The fourth-order valence-electron chi connectivity index (χ4n) is 1.37. The van der Waals surface area contributed by atoms with E-state index in [-0.39, 0.29) is 13.2 Å².